The number of pyridine rings is 2. The fourth-order valence-corrected chi connectivity index (χ4v) is 2.27. The molecular formula is C17H16N6O2. The molecule has 2 amide bonds. The number of carbonyl (C=O) groups excluding carboxylic acids is 2. The van der Waals surface area contributed by atoms with Gasteiger partial charge >= 0.3 is 0 Å². The van der Waals surface area contributed by atoms with Gasteiger partial charge < -0.3 is 22.1 Å². The molecule has 0 aliphatic heterocycles. The van der Waals surface area contributed by atoms with Crippen LogP contribution < -0.4 is 22.1 Å². The first-order chi connectivity index (χ1) is 12.0. The minimum absolute atomic E-state index is 0.309. The lowest BCUT2D eigenvalue weighted by molar-refractivity contribution is -0.113. The summed E-state index contributed by atoms with van der Waals surface area (Å²) in [6.07, 6.45) is 3.55. The van der Waals surface area contributed by atoms with Gasteiger partial charge in [0, 0.05) is 11.1 Å². The zero-order valence-electron chi connectivity index (χ0n) is 13.2. The maximum absolute atomic E-state index is 12.2. The molecule has 6 N–H and O–H groups in total. The third kappa shape index (κ3) is 3.99. The van der Waals surface area contributed by atoms with Crippen LogP contribution in [0.1, 0.15) is 6.42 Å². The summed E-state index contributed by atoms with van der Waals surface area (Å²) in [6.45, 7) is 0. The van der Waals surface area contributed by atoms with E-state index >= 15 is 0 Å². The van der Waals surface area contributed by atoms with Gasteiger partial charge in [-0.05, 0) is 36.8 Å². The molecule has 2 aromatic heterocycles. The molecule has 0 spiro atoms. The van der Waals surface area contributed by atoms with E-state index in [0.29, 0.717) is 40.8 Å². The average molecular weight is 336 g/mol. The number of hydrogen-bond acceptors (Lipinski definition) is 6. The monoisotopic (exact) mass is 336 g/mol. The van der Waals surface area contributed by atoms with Crippen LogP contribution in [0.4, 0.5) is 23.3 Å². The summed E-state index contributed by atoms with van der Waals surface area (Å²) in [5, 5.41) is 5.29. The van der Waals surface area contributed by atoms with Gasteiger partial charge in [-0.3, -0.25) is 9.59 Å². The highest BCUT2D eigenvalue weighted by Crippen LogP contribution is 2.20. The van der Waals surface area contributed by atoms with Crippen molar-refractivity contribution in [3.8, 4) is 0 Å². The zero-order valence-corrected chi connectivity index (χ0v) is 13.2. The molecule has 0 unspecified atom stereocenters. The Morgan fingerprint density at radius 1 is 0.880 bits per heavy atom. The van der Waals surface area contributed by atoms with E-state index in [1.165, 1.54) is 6.08 Å². The quantitative estimate of drug-likeness (QED) is 0.667. The third-order valence-electron chi connectivity index (χ3n) is 3.45. The van der Waals surface area contributed by atoms with Gasteiger partial charge in [0.05, 0.1) is 0 Å². The van der Waals surface area contributed by atoms with E-state index in [2.05, 4.69) is 20.6 Å². The van der Waals surface area contributed by atoms with E-state index in [9.17, 15) is 9.59 Å². The van der Waals surface area contributed by atoms with E-state index < -0.39 is 0 Å². The number of rotatable bonds is 4. The number of amides is 2. The smallest absolute Gasteiger partial charge is 0.256 e. The van der Waals surface area contributed by atoms with Crippen LogP contribution in [0.2, 0.25) is 0 Å². The molecule has 2 aromatic rings. The molecular weight excluding hydrogens is 320 g/mol. The lowest BCUT2D eigenvalue weighted by Crippen LogP contribution is -2.16. The van der Waals surface area contributed by atoms with E-state index in [4.69, 9.17) is 11.5 Å². The number of nitrogens with one attached hydrogen (secondary N) is 2. The van der Waals surface area contributed by atoms with E-state index in [1.54, 1.807) is 42.5 Å². The van der Waals surface area contributed by atoms with Gasteiger partial charge in [-0.2, -0.15) is 0 Å². The lowest BCUT2D eigenvalue weighted by Gasteiger charge is -2.05. The number of anilines is 4. The number of aromatic nitrogens is 2. The number of hydrogen-bond donors (Lipinski definition) is 4. The van der Waals surface area contributed by atoms with Crippen LogP contribution >= 0.6 is 0 Å². The molecule has 126 valence electrons. The van der Waals surface area contributed by atoms with Crippen molar-refractivity contribution < 1.29 is 9.59 Å². The van der Waals surface area contributed by atoms with Crippen LogP contribution in [-0.2, 0) is 9.59 Å². The Balaban J connectivity index is 1.64. The largest absolute Gasteiger partial charge is 0.384 e. The maximum atomic E-state index is 12.2. The third-order valence-corrected chi connectivity index (χ3v) is 3.45. The molecule has 1 aliphatic rings. The molecule has 1 aliphatic carbocycles. The van der Waals surface area contributed by atoms with Crippen LogP contribution in [0.5, 0.6) is 0 Å². The number of nitrogen functional groups attached to an aromatic ring is 2. The fourth-order valence-electron chi connectivity index (χ4n) is 2.27. The van der Waals surface area contributed by atoms with Crippen molar-refractivity contribution in [2.45, 2.75) is 6.42 Å². The summed E-state index contributed by atoms with van der Waals surface area (Å²) in [4.78, 5) is 32.5. The standard InChI is InChI=1S/C17H16N6O2/c18-12-3-1-5-14(20-12)22-16(24)10-7-8-11(9-10)17(25)23-15-6-2-4-13(19)21-15/h1-7,9H,8H2,(H3,18,20,22,24)(H3,19,21,23,25). The Bertz CT molecular complexity index is 904. The molecule has 0 saturated heterocycles. The first kappa shape index (κ1) is 16.2. The van der Waals surface area contributed by atoms with Gasteiger partial charge in [-0.25, -0.2) is 9.97 Å². The van der Waals surface area contributed by atoms with Crippen molar-refractivity contribution in [3.05, 3.63) is 59.7 Å². The molecule has 0 radical (unpaired) electrons. The number of allylic oxidation sites excluding steroid dienone is 1. The molecule has 0 bridgehead atoms. The summed E-state index contributed by atoms with van der Waals surface area (Å²) in [6, 6.07) is 9.89. The van der Waals surface area contributed by atoms with Crippen molar-refractivity contribution in [1.82, 2.24) is 9.97 Å². The Hall–Kier alpha value is -3.68. The highest BCUT2D eigenvalue weighted by molar-refractivity contribution is 6.10. The molecule has 0 fully saturated rings. The molecule has 0 aromatic carbocycles. The van der Waals surface area contributed by atoms with Crippen molar-refractivity contribution in [3.63, 3.8) is 0 Å². The van der Waals surface area contributed by atoms with Gasteiger partial charge in [0.15, 0.2) is 0 Å². The van der Waals surface area contributed by atoms with Crippen LogP contribution in [0.25, 0.3) is 0 Å². The van der Waals surface area contributed by atoms with Gasteiger partial charge in [-0.1, -0.05) is 18.2 Å². The van der Waals surface area contributed by atoms with Gasteiger partial charge in [0.1, 0.15) is 23.3 Å². The summed E-state index contributed by atoms with van der Waals surface area (Å²) in [7, 11) is 0. The normalized spacial score (nSPS) is 13.0. The second kappa shape index (κ2) is 6.83. The molecule has 25 heavy (non-hydrogen) atoms. The summed E-state index contributed by atoms with van der Waals surface area (Å²) < 4.78 is 0. The molecule has 0 saturated carbocycles. The summed E-state index contributed by atoms with van der Waals surface area (Å²) >= 11 is 0. The van der Waals surface area contributed by atoms with Gasteiger partial charge in [0.2, 0.25) is 0 Å². The molecule has 0 atom stereocenters. The zero-order chi connectivity index (χ0) is 17.8. The Kier molecular flexibility index (Phi) is 4.42. The first-order valence-corrected chi connectivity index (χ1v) is 7.50. The maximum Gasteiger partial charge on any atom is 0.256 e. The van der Waals surface area contributed by atoms with Crippen LogP contribution in [0.15, 0.2) is 59.7 Å². The van der Waals surface area contributed by atoms with Gasteiger partial charge in [-0.15, -0.1) is 0 Å². The minimum atomic E-state index is -0.358. The van der Waals surface area contributed by atoms with Crippen LogP contribution in [-0.4, -0.2) is 21.8 Å². The second-order valence-electron chi connectivity index (χ2n) is 5.34. The van der Waals surface area contributed by atoms with E-state index in [1.807, 2.05) is 0 Å². The molecule has 8 nitrogen and oxygen atoms in total. The number of nitrogens with two attached hydrogens (primary N) is 2. The summed E-state index contributed by atoms with van der Waals surface area (Å²) in [5.41, 5.74) is 12.0. The number of nitrogens with zero attached hydrogens (tertiary/aromatic N) is 2. The predicted molar refractivity (Wildman–Crippen MR) is 95.3 cm³/mol. The Morgan fingerprint density at radius 2 is 1.44 bits per heavy atom. The molecule has 2 heterocycles. The lowest BCUT2D eigenvalue weighted by atomic mass is 10.2. The molecule has 3 rings (SSSR count). The second-order valence-corrected chi connectivity index (χ2v) is 5.34. The number of carbonyl (C=O) groups is 2. The van der Waals surface area contributed by atoms with Crippen molar-refractivity contribution in [2.75, 3.05) is 22.1 Å². The van der Waals surface area contributed by atoms with Crippen molar-refractivity contribution >= 4 is 35.1 Å². The minimum Gasteiger partial charge on any atom is -0.384 e. The van der Waals surface area contributed by atoms with Gasteiger partial charge in [0.25, 0.3) is 11.8 Å². The van der Waals surface area contributed by atoms with Crippen LogP contribution in [0.3, 0.4) is 0 Å². The predicted octanol–water partition coefficient (Wildman–Crippen LogP) is 1.47. The van der Waals surface area contributed by atoms with E-state index in [0.717, 1.165) is 0 Å². The topological polar surface area (TPSA) is 136 Å². The Labute approximate surface area is 143 Å². The van der Waals surface area contributed by atoms with Crippen molar-refractivity contribution in [1.29, 1.82) is 0 Å². The highest BCUT2D eigenvalue weighted by atomic mass is 16.2. The van der Waals surface area contributed by atoms with E-state index in [-0.39, 0.29) is 11.8 Å². The highest BCUT2D eigenvalue weighted by Gasteiger charge is 2.19. The average Bonchev–Trinajstić information content (AvgIpc) is 3.05. The van der Waals surface area contributed by atoms with Crippen molar-refractivity contribution in [2.24, 2.45) is 0 Å². The molecule has 8 heteroatoms. The SMILES string of the molecule is Nc1cccc(NC(=O)C2=CCC(C(=O)Nc3cccc(N)n3)=C2)n1. The Morgan fingerprint density at radius 3 is 2.00 bits per heavy atom. The fraction of sp³-hybridized carbons (Fsp3) is 0.0588. The summed E-state index contributed by atoms with van der Waals surface area (Å²) in [5.74, 6) is 0.630. The first-order valence-electron chi connectivity index (χ1n) is 7.50. The van der Waals surface area contributed by atoms with Crippen LogP contribution in [0, 0.1) is 0 Å².